The van der Waals surface area contributed by atoms with Gasteiger partial charge in [0, 0.05) is 42.4 Å². The summed E-state index contributed by atoms with van der Waals surface area (Å²) in [5, 5.41) is 4.51. The summed E-state index contributed by atoms with van der Waals surface area (Å²) in [4.78, 5) is 11.3. The number of pyridine rings is 1. The Morgan fingerprint density at radius 2 is 2.19 bits per heavy atom. The van der Waals surface area contributed by atoms with Crippen molar-refractivity contribution in [2.24, 2.45) is 0 Å². The SMILES string of the molecule is Cc1cc(C)n2ncc(CN3CCCC(OCc4cccnc4)C3)c2n1. The van der Waals surface area contributed by atoms with E-state index in [1.54, 1.807) is 6.20 Å². The van der Waals surface area contributed by atoms with Gasteiger partial charge >= 0.3 is 0 Å². The van der Waals surface area contributed by atoms with Gasteiger partial charge in [0.05, 0.1) is 18.9 Å². The molecule has 6 nitrogen and oxygen atoms in total. The molecular weight excluding hydrogens is 326 g/mol. The fourth-order valence-electron chi connectivity index (χ4n) is 3.66. The van der Waals surface area contributed by atoms with Gasteiger partial charge in [-0.15, -0.1) is 0 Å². The smallest absolute Gasteiger partial charge is 0.159 e. The van der Waals surface area contributed by atoms with Crippen LogP contribution in [0.5, 0.6) is 0 Å². The molecule has 6 heteroatoms. The standard InChI is InChI=1S/C20H25N5O/c1-15-9-16(2)25-20(23-15)18(11-22-25)12-24-8-4-6-19(13-24)26-14-17-5-3-7-21-10-17/h3,5,7,9-11,19H,4,6,8,12-14H2,1-2H3. The zero-order valence-corrected chi connectivity index (χ0v) is 15.4. The molecule has 0 aromatic carbocycles. The number of fused-ring (bicyclic) bond motifs is 1. The summed E-state index contributed by atoms with van der Waals surface area (Å²) in [6, 6.07) is 6.07. The maximum atomic E-state index is 6.13. The summed E-state index contributed by atoms with van der Waals surface area (Å²) in [6.07, 6.45) is 8.15. The van der Waals surface area contributed by atoms with E-state index >= 15 is 0 Å². The van der Waals surface area contributed by atoms with Crippen LogP contribution in [0, 0.1) is 13.8 Å². The van der Waals surface area contributed by atoms with Crippen LogP contribution in [0.3, 0.4) is 0 Å². The molecule has 1 aliphatic heterocycles. The van der Waals surface area contributed by atoms with E-state index in [2.05, 4.69) is 34.0 Å². The molecule has 1 unspecified atom stereocenters. The van der Waals surface area contributed by atoms with Crippen LogP contribution in [0.4, 0.5) is 0 Å². The molecule has 4 heterocycles. The van der Waals surface area contributed by atoms with Crippen LogP contribution in [-0.4, -0.2) is 43.7 Å². The molecule has 3 aromatic heterocycles. The molecule has 0 spiro atoms. The predicted molar refractivity (Wildman–Crippen MR) is 99.8 cm³/mol. The molecule has 0 N–H and O–H groups in total. The summed E-state index contributed by atoms with van der Waals surface area (Å²) in [6.45, 7) is 7.64. The number of aromatic nitrogens is 4. The number of aryl methyl sites for hydroxylation is 2. The zero-order chi connectivity index (χ0) is 17.9. The molecule has 26 heavy (non-hydrogen) atoms. The molecule has 0 radical (unpaired) electrons. The summed E-state index contributed by atoms with van der Waals surface area (Å²) in [7, 11) is 0. The quantitative estimate of drug-likeness (QED) is 0.707. The van der Waals surface area contributed by atoms with Crippen LogP contribution >= 0.6 is 0 Å². The van der Waals surface area contributed by atoms with Gasteiger partial charge in [-0.05, 0) is 50.9 Å². The van der Waals surface area contributed by atoms with Crippen molar-refractivity contribution in [2.45, 2.75) is 45.9 Å². The van der Waals surface area contributed by atoms with Crippen LogP contribution in [0.1, 0.15) is 35.4 Å². The first-order chi connectivity index (χ1) is 12.7. The molecule has 0 bridgehead atoms. The fourth-order valence-corrected chi connectivity index (χ4v) is 3.66. The Morgan fingerprint density at radius 3 is 3.04 bits per heavy atom. The van der Waals surface area contributed by atoms with Crippen molar-refractivity contribution >= 4 is 5.65 Å². The first kappa shape index (κ1) is 17.1. The molecule has 1 aliphatic rings. The number of nitrogens with zero attached hydrogens (tertiary/aromatic N) is 5. The van der Waals surface area contributed by atoms with Gasteiger partial charge in [0.1, 0.15) is 0 Å². The Kier molecular flexibility index (Phi) is 4.95. The van der Waals surface area contributed by atoms with Gasteiger partial charge in [0.25, 0.3) is 0 Å². The van der Waals surface area contributed by atoms with Gasteiger partial charge in [-0.3, -0.25) is 9.88 Å². The molecule has 136 valence electrons. The molecule has 0 amide bonds. The van der Waals surface area contributed by atoms with Crippen molar-refractivity contribution in [2.75, 3.05) is 13.1 Å². The third-order valence-electron chi connectivity index (χ3n) is 4.92. The van der Waals surface area contributed by atoms with Crippen LogP contribution in [-0.2, 0) is 17.9 Å². The zero-order valence-electron chi connectivity index (χ0n) is 15.4. The van der Waals surface area contributed by atoms with E-state index in [0.29, 0.717) is 6.61 Å². The maximum Gasteiger partial charge on any atom is 0.159 e. The largest absolute Gasteiger partial charge is 0.372 e. The van der Waals surface area contributed by atoms with Crippen molar-refractivity contribution in [3.8, 4) is 0 Å². The fraction of sp³-hybridized carbons (Fsp3) is 0.450. The van der Waals surface area contributed by atoms with Gasteiger partial charge in [-0.1, -0.05) is 6.07 Å². The Bertz CT molecular complexity index is 877. The monoisotopic (exact) mass is 351 g/mol. The number of hydrogen-bond donors (Lipinski definition) is 0. The van der Waals surface area contributed by atoms with Gasteiger partial charge in [0.2, 0.25) is 0 Å². The first-order valence-corrected chi connectivity index (χ1v) is 9.23. The Balaban J connectivity index is 1.41. The highest BCUT2D eigenvalue weighted by atomic mass is 16.5. The van der Waals surface area contributed by atoms with Gasteiger partial charge in [-0.2, -0.15) is 5.10 Å². The van der Waals surface area contributed by atoms with Crippen LogP contribution in [0.2, 0.25) is 0 Å². The Hall–Kier alpha value is -2.31. The summed E-state index contributed by atoms with van der Waals surface area (Å²) in [5.74, 6) is 0. The average Bonchev–Trinajstić information content (AvgIpc) is 3.04. The summed E-state index contributed by atoms with van der Waals surface area (Å²) < 4.78 is 8.06. The number of ether oxygens (including phenoxy) is 1. The Morgan fingerprint density at radius 1 is 1.27 bits per heavy atom. The minimum Gasteiger partial charge on any atom is -0.372 e. The minimum atomic E-state index is 0.266. The predicted octanol–water partition coefficient (Wildman–Crippen LogP) is 2.92. The van der Waals surface area contributed by atoms with Crippen molar-refractivity contribution in [3.05, 3.63) is 59.3 Å². The number of likely N-dealkylation sites (tertiary alicyclic amines) is 1. The van der Waals surface area contributed by atoms with Crippen molar-refractivity contribution in [1.29, 1.82) is 0 Å². The van der Waals surface area contributed by atoms with Crippen molar-refractivity contribution < 1.29 is 4.74 Å². The third kappa shape index (κ3) is 3.76. The molecule has 0 aliphatic carbocycles. The van der Waals surface area contributed by atoms with E-state index in [-0.39, 0.29) is 6.10 Å². The van der Waals surface area contributed by atoms with E-state index in [4.69, 9.17) is 9.72 Å². The normalized spacial score (nSPS) is 18.5. The lowest BCUT2D eigenvalue weighted by atomic mass is 10.1. The minimum absolute atomic E-state index is 0.266. The summed E-state index contributed by atoms with van der Waals surface area (Å²) in [5.41, 5.74) is 5.44. The Labute approximate surface area is 153 Å². The third-order valence-corrected chi connectivity index (χ3v) is 4.92. The number of rotatable bonds is 5. The molecule has 4 rings (SSSR count). The topological polar surface area (TPSA) is 55.5 Å². The molecule has 1 atom stereocenters. The van der Waals surface area contributed by atoms with Crippen molar-refractivity contribution in [3.63, 3.8) is 0 Å². The molecule has 3 aromatic rings. The summed E-state index contributed by atoms with van der Waals surface area (Å²) >= 11 is 0. The molecule has 1 fully saturated rings. The lowest BCUT2D eigenvalue weighted by molar-refractivity contribution is -0.0120. The number of hydrogen-bond acceptors (Lipinski definition) is 5. The second-order valence-corrected chi connectivity index (χ2v) is 7.12. The first-order valence-electron chi connectivity index (χ1n) is 9.23. The van der Waals surface area contributed by atoms with E-state index in [0.717, 1.165) is 55.1 Å². The maximum absolute atomic E-state index is 6.13. The number of piperidine rings is 1. The second-order valence-electron chi connectivity index (χ2n) is 7.12. The van der Waals surface area contributed by atoms with Crippen molar-refractivity contribution in [1.82, 2.24) is 24.5 Å². The second kappa shape index (κ2) is 7.51. The molecular formula is C20H25N5O. The van der Waals surface area contributed by atoms with Gasteiger partial charge in [0.15, 0.2) is 5.65 Å². The highest BCUT2D eigenvalue weighted by Crippen LogP contribution is 2.19. The average molecular weight is 351 g/mol. The lowest BCUT2D eigenvalue weighted by Crippen LogP contribution is -2.39. The molecule has 1 saturated heterocycles. The van der Waals surface area contributed by atoms with Crippen LogP contribution < -0.4 is 0 Å². The van der Waals surface area contributed by atoms with Gasteiger partial charge in [-0.25, -0.2) is 9.50 Å². The van der Waals surface area contributed by atoms with E-state index in [1.165, 1.54) is 5.56 Å². The van der Waals surface area contributed by atoms with Crippen LogP contribution in [0.25, 0.3) is 5.65 Å². The lowest BCUT2D eigenvalue weighted by Gasteiger charge is -2.32. The van der Waals surface area contributed by atoms with E-state index in [9.17, 15) is 0 Å². The highest BCUT2D eigenvalue weighted by molar-refractivity contribution is 5.47. The molecule has 0 saturated carbocycles. The highest BCUT2D eigenvalue weighted by Gasteiger charge is 2.22. The van der Waals surface area contributed by atoms with Gasteiger partial charge < -0.3 is 4.74 Å². The van der Waals surface area contributed by atoms with E-state index in [1.807, 2.05) is 29.9 Å². The van der Waals surface area contributed by atoms with Crippen LogP contribution in [0.15, 0.2) is 36.8 Å². The van der Waals surface area contributed by atoms with E-state index < -0.39 is 0 Å².